The van der Waals surface area contributed by atoms with Crippen LogP contribution in [0.5, 0.6) is 0 Å². The predicted octanol–water partition coefficient (Wildman–Crippen LogP) is 1.07. The van der Waals surface area contributed by atoms with Gasteiger partial charge >= 0.3 is 0 Å². The molecule has 0 amide bonds. The van der Waals surface area contributed by atoms with Crippen LogP contribution in [0.2, 0.25) is 0 Å². The summed E-state index contributed by atoms with van der Waals surface area (Å²) in [5.74, 6) is 0. The van der Waals surface area contributed by atoms with Gasteiger partial charge in [-0.3, -0.25) is 0 Å². The molecule has 0 spiro atoms. The van der Waals surface area contributed by atoms with Crippen molar-refractivity contribution in [2.45, 2.75) is 26.2 Å². The summed E-state index contributed by atoms with van der Waals surface area (Å²) in [6.07, 6.45) is 2.52. The molecule has 0 aromatic heterocycles. The Balaban J connectivity index is 2.86. The number of aliphatic hydroxyl groups is 2. The normalized spacial score (nSPS) is 10.5. The zero-order chi connectivity index (χ0) is 6.41. The Hall–Kier alpha value is -0.0800. The molecule has 0 aliphatic carbocycles. The Morgan fingerprint density at radius 2 is 2.12 bits per heavy atom. The number of aliphatic hydroxyl groups excluding tert-OH is 2. The summed E-state index contributed by atoms with van der Waals surface area (Å²) < 4.78 is 0. The molecular formula is C6H13O2. The predicted molar refractivity (Wildman–Crippen MR) is 31.8 cm³/mol. The van der Waals surface area contributed by atoms with Gasteiger partial charge in [-0.1, -0.05) is 6.92 Å². The van der Waals surface area contributed by atoms with E-state index >= 15 is 0 Å². The number of hydrogen-bond acceptors (Lipinski definition) is 2. The standard InChI is InChI=1S/C6H13O2/c1-2-6(8)4-3-5-7/h7-8H,2-5H2,1H3. The van der Waals surface area contributed by atoms with Crippen molar-refractivity contribution in [3.05, 3.63) is 6.10 Å². The van der Waals surface area contributed by atoms with Gasteiger partial charge in [0, 0.05) is 6.61 Å². The molecule has 0 fully saturated rings. The van der Waals surface area contributed by atoms with Crippen molar-refractivity contribution in [3.63, 3.8) is 0 Å². The second-order valence-electron chi connectivity index (χ2n) is 1.75. The maximum Gasteiger partial charge on any atom is 0.0931 e. The first kappa shape index (κ1) is 7.92. The first-order valence-electron chi connectivity index (χ1n) is 2.95. The van der Waals surface area contributed by atoms with Gasteiger partial charge in [-0.15, -0.1) is 0 Å². The van der Waals surface area contributed by atoms with E-state index in [9.17, 15) is 0 Å². The molecular weight excluding hydrogens is 104 g/mol. The molecule has 0 aromatic rings. The summed E-state index contributed by atoms with van der Waals surface area (Å²) in [5, 5.41) is 17.1. The molecule has 0 saturated carbocycles. The summed E-state index contributed by atoms with van der Waals surface area (Å²) in [6, 6.07) is 0. The molecule has 0 heterocycles. The fourth-order valence-corrected chi connectivity index (χ4v) is 0.460. The zero-order valence-electron chi connectivity index (χ0n) is 5.22. The van der Waals surface area contributed by atoms with Crippen molar-refractivity contribution in [3.8, 4) is 0 Å². The molecule has 1 radical (unpaired) electrons. The topological polar surface area (TPSA) is 40.5 Å². The Kier molecular flexibility index (Phi) is 5.01. The zero-order valence-corrected chi connectivity index (χ0v) is 5.22. The summed E-state index contributed by atoms with van der Waals surface area (Å²) in [4.78, 5) is 0. The molecule has 2 nitrogen and oxygen atoms in total. The second kappa shape index (κ2) is 5.06. The highest BCUT2D eigenvalue weighted by Gasteiger charge is 1.98. The Labute approximate surface area is 50.2 Å². The quantitative estimate of drug-likeness (QED) is 0.578. The largest absolute Gasteiger partial charge is 0.396 e. The van der Waals surface area contributed by atoms with Crippen LogP contribution in [0.4, 0.5) is 0 Å². The summed E-state index contributed by atoms with van der Waals surface area (Å²) in [7, 11) is 0. The van der Waals surface area contributed by atoms with E-state index in [1.54, 1.807) is 0 Å². The van der Waals surface area contributed by atoms with Gasteiger partial charge in [0.25, 0.3) is 0 Å². The van der Waals surface area contributed by atoms with Crippen molar-refractivity contribution < 1.29 is 10.2 Å². The minimum absolute atomic E-state index is 0.171. The average molecular weight is 117 g/mol. The Bertz CT molecular complexity index is 45.8. The van der Waals surface area contributed by atoms with Gasteiger partial charge in [0.1, 0.15) is 0 Å². The third kappa shape index (κ3) is 4.09. The van der Waals surface area contributed by atoms with E-state index in [2.05, 4.69) is 0 Å². The summed E-state index contributed by atoms with van der Waals surface area (Å²) >= 11 is 0. The van der Waals surface area contributed by atoms with Crippen LogP contribution in [-0.2, 0) is 0 Å². The molecule has 0 atom stereocenters. The Morgan fingerprint density at radius 3 is 2.50 bits per heavy atom. The van der Waals surface area contributed by atoms with Crippen molar-refractivity contribution >= 4 is 0 Å². The van der Waals surface area contributed by atoms with E-state index in [4.69, 9.17) is 10.2 Å². The molecule has 0 aromatic carbocycles. The van der Waals surface area contributed by atoms with Gasteiger partial charge < -0.3 is 10.2 Å². The minimum atomic E-state index is 0.171. The lowest BCUT2D eigenvalue weighted by Gasteiger charge is -2.01. The molecule has 2 heteroatoms. The van der Waals surface area contributed by atoms with Gasteiger partial charge in [0.15, 0.2) is 0 Å². The smallest absolute Gasteiger partial charge is 0.0931 e. The fraction of sp³-hybridized carbons (Fsp3) is 0.833. The molecule has 0 aliphatic rings. The second-order valence-corrected chi connectivity index (χ2v) is 1.75. The molecule has 0 aliphatic heterocycles. The maximum absolute atomic E-state index is 8.79. The third-order valence-electron chi connectivity index (χ3n) is 1.03. The first-order valence-corrected chi connectivity index (χ1v) is 2.95. The van der Waals surface area contributed by atoms with Crippen LogP contribution >= 0.6 is 0 Å². The first-order chi connectivity index (χ1) is 3.81. The number of hydrogen-bond donors (Lipinski definition) is 2. The number of rotatable bonds is 4. The molecule has 0 unspecified atom stereocenters. The third-order valence-corrected chi connectivity index (χ3v) is 1.03. The lowest BCUT2D eigenvalue weighted by atomic mass is 10.2. The highest BCUT2D eigenvalue weighted by Crippen LogP contribution is 2.07. The van der Waals surface area contributed by atoms with Crippen LogP contribution in [0.3, 0.4) is 0 Å². The van der Waals surface area contributed by atoms with Crippen LogP contribution < -0.4 is 0 Å². The van der Waals surface area contributed by atoms with Crippen molar-refractivity contribution in [2.75, 3.05) is 6.61 Å². The fourth-order valence-electron chi connectivity index (χ4n) is 0.460. The van der Waals surface area contributed by atoms with Crippen LogP contribution in [0.15, 0.2) is 0 Å². The minimum Gasteiger partial charge on any atom is -0.396 e. The average Bonchev–Trinajstić information content (AvgIpc) is 1.83. The van der Waals surface area contributed by atoms with Crippen molar-refractivity contribution in [1.82, 2.24) is 0 Å². The van der Waals surface area contributed by atoms with E-state index in [1.165, 1.54) is 0 Å². The highest BCUT2D eigenvalue weighted by atomic mass is 16.3. The lowest BCUT2D eigenvalue weighted by Crippen LogP contribution is -1.94. The van der Waals surface area contributed by atoms with Gasteiger partial charge in [-0.25, -0.2) is 0 Å². The van der Waals surface area contributed by atoms with Gasteiger partial charge in [-0.05, 0) is 19.3 Å². The van der Waals surface area contributed by atoms with E-state index in [-0.39, 0.29) is 6.61 Å². The molecule has 0 saturated heterocycles. The van der Waals surface area contributed by atoms with Gasteiger partial charge in [0.2, 0.25) is 0 Å². The highest BCUT2D eigenvalue weighted by molar-refractivity contribution is 4.71. The molecule has 49 valence electrons. The molecule has 8 heavy (non-hydrogen) atoms. The van der Waals surface area contributed by atoms with Crippen LogP contribution in [-0.4, -0.2) is 16.8 Å². The molecule has 0 rings (SSSR count). The SMILES string of the molecule is CC[C](O)CCCO. The van der Waals surface area contributed by atoms with E-state index in [0.717, 1.165) is 0 Å². The maximum atomic E-state index is 8.79. The van der Waals surface area contributed by atoms with Crippen LogP contribution in [0.1, 0.15) is 26.2 Å². The van der Waals surface area contributed by atoms with Crippen molar-refractivity contribution in [2.24, 2.45) is 0 Å². The molecule has 0 bridgehead atoms. The lowest BCUT2D eigenvalue weighted by molar-refractivity contribution is 0.236. The molecule has 2 N–H and O–H groups in total. The van der Waals surface area contributed by atoms with E-state index in [0.29, 0.717) is 25.4 Å². The summed E-state index contributed by atoms with van der Waals surface area (Å²) in [5.41, 5.74) is 0. The van der Waals surface area contributed by atoms with Gasteiger partial charge in [0.05, 0.1) is 6.10 Å². The van der Waals surface area contributed by atoms with Gasteiger partial charge in [-0.2, -0.15) is 0 Å². The monoisotopic (exact) mass is 117 g/mol. The van der Waals surface area contributed by atoms with Crippen LogP contribution in [0.25, 0.3) is 0 Å². The van der Waals surface area contributed by atoms with E-state index in [1.807, 2.05) is 6.92 Å². The van der Waals surface area contributed by atoms with Crippen molar-refractivity contribution in [1.29, 1.82) is 0 Å². The Morgan fingerprint density at radius 1 is 1.50 bits per heavy atom. The van der Waals surface area contributed by atoms with E-state index < -0.39 is 0 Å². The van der Waals surface area contributed by atoms with Crippen LogP contribution in [0, 0.1) is 6.10 Å². The summed E-state index contributed by atoms with van der Waals surface area (Å²) in [6.45, 7) is 2.07.